The normalized spacial score (nSPS) is 13.8. The van der Waals surface area contributed by atoms with Crippen LogP contribution in [0.5, 0.6) is 0 Å². The average Bonchev–Trinajstić information content (AvgIpc) is 2.33. The highest BCUT2D eigenvalue weighted by molar-refractivity contribution is 6.52. The van der Waals surface area contributed by atoms with E-state index in [2.05, 4.69) is 29.9 Å². The van der Waals surface area contributed by atoms with Gasteiger partial charge in [-0.2, -0.15) is 0 Å². The van der Waals surface area contributed by atoms with E-state index in [-0.39, 0.29) is 0 Å². The van der Waals surface area contributed by atoms with Crippen LogP contribution in [0.15, 0.2) is 24.3 Å². The van der Waals surface area contributed by atoms with Crippen molar-refractivity contribution in [1.82, 2.24) is 0 Å². The molecule has 0 aromatic heterocycles. The number of hydrogen-bond acceptors (Lipinski definition) is 0. The molecule has 0 aliphatic carbocycles. The lowest BCUT2D eigenvalue weighted by atomic mass is 10.1. The number of fused-ring (bicyclic) bond motifs is 1. The lowest BCUT2D eigenvalue weighted by Gasteiger charge is -1.93. The minimum absolute atomic E-state index is 1.02. The summed E-state index contributed by atoms with van der Waals surface area (Å²) in [6.07, 6.45) is 0. The van der Waals surface area contributed by atoms with Gasteiger partial charge in [-0.25, -0.2) is 0 Å². The Morgan fingerprint density at radius 3 is 3.00 bits per heavy atom. The minimum atomic E-state index is 1.02. The Labute approximate surface area is 57.0 Å². The molecule has 0 spiro atoms. The van der Waals surface area contributed by atoms with Crippen LogP contribution >= 0.6 is 0 Å². The topological polar surface area (TPSA) is 0 Å². The van der Waals surface area contributed by atoms with E-state index in [1.54, 1.807) is 0 Å². The fraction of sp³-hybridized carbons (Fsp3) is 0.125. The molecule has 1 aliphatic heterocycles. The second-order valence-corrected chi connectivity index (χ2v) is 3.27. The monoisotopic (exact) mass is 131 g/mol. The fourth-order valence-corrected chi connectivity index (χ4v) is 2.25. The molecular weight excluding hydrogens is 124 g/mol. The maximum atomic E-state index is 2.33. The molecule has 0 N–H and O–H groups in total. The second-order valence-electron chi connectivity index (χ2n) is 2.22. The van der Waals surface area contributed by atoms with Gasteiger partial charge in [-0.05, 0) is 17.2 Å². The summed E-state index contributed by atoms with van der Waals surface area (Å²) in [4.78, 5) is 0. The average molecular weight is 131 g/mol. The summed E-state index contributed by atoms with van der Waals surface area (Å²) in [5, 5.41) is 0. The quantitative estimate of drug-likeness (QED) is 0.462. The van der Waals surface area contributed by atoms with Gasteiger partial charge in [0.1, 0.15) is 0 Å². The van der Waals surface area contributed by atoms with Crippen LogP contribution in [0.4, 0.5) is 0 Å². The van der Waals surface area contributed by atoms with Gasteiger partial charge in [0.2, 0.25) is 0 Å². The summed E-state index contributed by atoms with van der Waals surface area (Å²) in [5.74, 6) is 0. The van der Waals surface area contributed by atoms with Crippen molar-refractivity contribution in [2.45, 2.75) is 6.04 Å². The number of hydrogen-bond donors (Lipinski definition) is 0. The van der Waals surface area contributed by atoms with E-state index < -0.39 is 0 Å². The zero-order valence-electron chi connectivity index (χ0n) is 5.09. The van der Waals surface area contributed by atoms with E-state index in [1.807, 2.05) is 0 Å². The molecular formula is C8H7Si. The van der Waals surface area contributed by atoms with Crippen molar-refractivity contribution in [2.75, 3.05) is 0 Å². The van der Waals surface area contributed by atoms with Crippen molar-refractivity contribution in [2.24, 2.45) is 0 Å². The highest BCUT2D eigenvalue weighted by Gasteiger charge is 2.00. The Morgan fingerprint density at radius 2 is 2.11 bits per heavy atom. The third-order valence-electron chi connectivity index (χ3n) is 1.61. The highest BCUT2D eigenvalue weighted by atomic mass is 28.2. The molecule has 0 saturated heterocycles. The van der Waals surface area contributed by atoms with Gasteiger partial charge >= 0.3 is 0 Å². The molecule has 1 aliphatic rings. The molecule has 0 amide bonds. The molecule has 0 unspecified atom stereocenters. The first kappa shape index (κ1) is 5.12. The van der Waals surface area contributed by atoms with Crippen LogP contribution in [0.3, 0.4) is 0 Å². The number of benzene rings is 1. The lowest BCUT2D eigenvalue weighted by molar-refractivity contribution is 1.41. The van der Waals surface area contributed by atoms with Crippen LogP contribution in [-0.4, -0.2) is 14.8 Å². The van der Waals surface area contributed by atoms with Gasteiger partial charge in [-0.1, -0.05) is 29.9 Å². The Kier molecular flexibility index (Phi) is 1.09. The molecule has 1 radical (unpaired) electrons. The summed E-state index contributed by atoms with van der Waals surface area (Å²) in [6.45, 7) is 0. The molecule has 2 rings (SSSR count). The van der Waals surface area contributed by atoms with Gasteiger partial charge in [0, 0.05) is 9.13 Å². The summed E-state index contributed by atoms with van der Waals surface area (Å²) in [5.41, 5.74) is 5.31. The molecule has 0 atom stereocenters. The van der Waals surface area contributed by atoms with Crippen molar-refractivity contribution in [3.8, 4) is 0 Å². The van der Waals surface area contributed by atoms with E-state index in [4.69, 9.17) is 0 Å². The first-order valence-electron chi connectivity index (χ1n) is 3.11. The summed E-state index contributed by atoms with van der Waals surface area (Å²) in [6, 6.07) is 9.89. The van der Waals surface area contributed by atoms with Gasteiger partial charge in [0.15, 0.2) is 0 Å². The zero-order valence-corrected chi connectivity index (χ0v) is 6.09. The van der Waals surface area contributed by atoms with Gasteiger partial charge in [0.25, 0.3) is 0 Å². The largest absolute Gasteiger partial charge is 0.0735 e. The molecule has 1 aromatic rings. The van der Waals surface area contributed by atoms with E-state index in [0.717, 1.165) is 9.13 Å². The predicted molar refractivity (Wildman–Crippen MR) is 41.1 cm³/mol. The molecule has 0 bridgehead atoms. The van der Waals surface area contributed by atoms with Crippen LogP contribution in [-0.2, 0) is 6.04 Å². The van der Waals surface area contributed by atoms with E-state index in [0.29, 0.717) is 0 Å². The van der Waals surface area contributed by atoms with Crippen molar-refractivity contribution in [3.05, 3.63) is 35.4 Å². The first-order valence-corrected chi connectivity index (χ1v) is 4.40. The zero-order chi connectivity index (χ0) is 6.10. The molecule has 0 fully saturated rings. The first-order chi connectivity index (χ1) is 4.47. The molecule has 0 nitrogen and oxygen atoms in total. The third-order valence-corrected chi connectivity index (χ3v) is 2.71. The smallest absolute Gasteiger partial charge is 0.0249 e. The summed E-state index contributed by atoms with van der Waals surface area (Å²) >= 11 is 0. The minimum Gasteiger partial charge on any atom is -0.0735 e. The lowest BCUT2D eigenvalue weighted by Crippen LogP contribution is -1.80. The van der Waals surface area contributed by atoms with Gasteiger partial charge in [-0.15, -0.1) is 0 Å². The van der Waals surface area contributed by atoms with E-state index in [9.17, 15) is 0 Å². The molecule has 43 valence electrons. The maximum Gasteiger partial charge on any atom is 0.0249 e. The van der Waals surface area contributed by atoms with Gasteiger partial charge in [-0.3, -0.25) is 0 Å². The molecule has 1 heteroatoms. The number of rotatable bonds is 0. The van der Waals surface area contributed by atoms with E-state index >= 15 is 0 Å². The van der Waals surface area contributed by atoms with Crippen LogP contribution < -0.4 is 0 Å². The molecule has 1 heterocycles. The SMILES string of the molecule is C1=[Si]Cc2ccccc21. The van der Waals surface area contributed by atoms with Gasteiger partial charge in [0.05, 0.1) is 0 Å². The van der Waals surface area contributed by atoms with Crippen LogP contribution in [0.25, 0.3) is 0 Å². The molecule has 0 saturated carbocycles. The highest BCUT2D eigenvalue weighted by Crippen LogP contribution is 2.08. The van der Waals surface area contributed by atoms with E-state index in [1.165, 1.54) is 17.2 Å². The molecule has 9 heavy (non-hydrogen) atoms. The Bertz CT molecular complexity index is 250. The van der Waals surface area contributed by atoms with Crippen molar-refractivity contribution in [3.63, 3.8) is 0 Å². The van der Waals surface area contributed by atoms with Crippen LogP contribution in [0, 0.1) is 0 Å². The fourth-order valence-electron chi connectivity index (χ4n) is 1.11. The van der Waals surface area contributed by atoms with Gasteiger partial charge < -0.3 is 0 Å². The summed E-state index contributed by atoms with van der Waals surface area (Å²) in [7, 11) is 1.02. The standard InChI is InChI=1S/C8H7Si/c1-2-4-8-6-9-5-7(8)3-1/h1-5H,6H2. The van der Waals surface area contributed by atoms with Crippen LogP contribution in [0.1, 0.15) is 11.1 Å². The Balaban J connectivity index is 2.63. The summed E-state index contributed by atoms with van der Waals surface area (Å²) < 4.78 is 0. The van der Waals surface area contributed by atoms with Crippen molar-refractivity contribution >= 4 is 14.8 Å². The molecule has 1 aromatic carbocycles. The van der Waals surface area contributed by atoms with Crippen LogP contribution in [0.2, 0.25) is 0 Å². The Morgan fingerprint density at radius 1 is 1.22 bits per heavy atom. The van der Waals surface area contributed by atoms with Crippen molar-refractivity contribution in [1.29, 1.82) is 0 Å². The third kappa shape index (κ3) is 0.774. The maximum absolute atomic E-state index is 2.33. The Hall–Kier alpha value is -0.693. The predicted octanol–water partition coefficient (Wildman–Crippen LogP) is 1.05. The second kappa shape index (κ2) is 1.92. The van der Waals surface area contributed by atoms with Crippen molar-refractivity contribution < 1.29 is 0 Å².